The number of hydrogen-bond donors (Lipinski definition) is 0. The molecule has 1 rings (SSSR count). The smallest absolute Gasteiger partial charge is 0.338 e. The Bertz CT molecular complexity index is 325. The molecule has 13 heavy (non-hydrogen) atoms. The molecule has 0 aromatic carbocycles. The normalized spacial score (nSPS) is 9.77. The lowest BCUT2D eigenvalue weighted by atomic mass is 10.1. The van der Waals surface area contributed by atoms with Crippen molar-refractivity contribution in [2.75, 3.05) is 7.11 Å². The van der Waals surface area contributed by atoms with Crippen molar-refractivity contribution in [3.05, 3.63) is 29.1 Å². The van der Waals surface area contributed by atoms with Crippen LogP contribution >= 0.6 is 15.9 Å². The van der Waals surface area contributed by atoms with E-state index in [9.17, 15) is 4.79 Å². The summed E-state index contributed by atoms with van der Waals surface area (Å²) in [6, 6.07) is 1.72. The minimum Gasteiger partial charge on any atom is -0.465 e. The second-order valence-electron chi connectivity index (χ2n) is 2.61. The first-order valence-corrected chi connectivity index (χ1v) is 4.91. The average molecular weight is 244 g/mol. The number of methoxy groups -OCH3 is 1. The highest BCUT2D eigenvalue weighted by molar-refractivity contribution is 9.08. The number of hydrogen-bond acceptors (Lipinski definition) is 3. The molecule has 70 valence electrons. The predicted molar refractivity (Wildman–Crippen MR) is 52.9 cm³/mol. The molecule has 3 nitrogen and oxygen atoms in total. The van der Waals surface area contributed by atoms with Gasteiger partial charge in [-0.1, -0.05) is 15.9 Å². The number of rotatable bonds is 2. The number of aryl methyl sites for hydroxylation is 1. The van der Waals surface area contributed by atoms with Crippen molar-refractivity contribution in [2.24, 2.45) is 0 Å². The lowest BCUT2D eigenvalue weighted by Gasteiger charge is -2.04. The van der Waals surface area contributed by atoms with Gasteiger partial charge in [0.2, 0.25) is 0 Å². The van der Waals surface area contributed by atoms with Gasteiger partial charge < -0.3 is 4.74 Å². The number of carbonyl (C=O) groups is 1. The number of esters is 1. The number of nitrogens with zero attached hydrogens (tertiary/aromatic N) is 1. The molecule has 0 aliphatic carbocycles. The van der Waals surface area contributed by atoms with Crippen LogP contribution in [0.1, 0.15) is 21.6 Å². The van der Waals surface area contributed by atoms with Crippen molar-refractivity contribution < 1.29 is 9.53 Å². The van der Waals surface area contributed by atoms with Gasteiger partial charge in [-0.15, -0.1) is 0 Å². The van der Waals surface area contributed by atoms with E-state index in [4.69, 9.17) is 0 Å². The Kier molecular flexibility index (Phi) is 3.42. The van der Waals surface area contributed by atoms with Crippen LogP contribution in [-0.2, 0) is 10.1 Å². The third-order valence-electron chi connectivity index (χ3n) is 1.67. The topological polar surface area (TPSA) is 39.2 Å². The number of ether oxygens (including phenoxy) is 1. The first-order valence-electron chi connectivity index (χ1n) is 3.79. The zero-order valence-corrected chi connectivity index (χ0v) is 9.09. The second kappa shape index (κ2) is 4.37. The quantitative estimate of drug-likeness (QED) is 0.590. The summed E-state index contributed by atoms with van der Waals surface area (Å²) in [6.45, 7) is 1.84. The highest BCUT2D eigenvalue weighted by atomic mass is 79.9. The largest absolute Gasteiger partial charge is 0.465 e. The van der Waals surface area contributed by atoms with Crippen molar-refractivity contribution in [3.63, 3.8) is 0 Å². The zero-order valence-electron chi connectivity index (χ0n) is 7.50. The van der Waals surface area contributed by atoms with Crippen LogP contribution in [0.3, 0.4) is 0 Å². The molecule has 0 fully saturated rings. The maximum absolute atomic E-state index is 11.3. The van der Waals surface area contributed by atoms with Crippen LogP contribution in [0.4, 0.5) is 0 Å². The Morgan fingerprint density at radius 3 is 2.92 bits per heavy atom. The maximum atomic E-state index is 11.3. The molecule has 0 unspecified atom stereocenters. The standard InChI is InChI=1S/C9H10BrNO2/c1-6-3-8(9(12)13-2)7(4-10)5-11-6/h3,5H,4H2,1-2H3. The number of aromatic nitrogens is 1. The molecule has 0 aliphatic heterocycles. The SMILES string of the molecule is COC(=O)c1cc(C)ncc1CBr. The van der Waals surface area contributed by atoms with Crippen LogP contribution in [-0.4, -0.2) is 18.1 Å². The van der Waals surface area contributed by atoms with Crippen molar-refractivity contribution in [3.8, 4) is 0 Å². The third kappa shape index (κ3) is 2.28. The van der Waals surface area contributed by atoms with Crippen LogP contribution < -0.4 is 0 Å². The zero-order chi connectivity index (χ0) is 9.84. The Morgan fingerprint density at radius 1 is 1.69 bits per heavy atom. The molecule has 0 atom stereocenters. The van der Waals surface area contributed by atoms with Gasteiger partial charge in [0.05, 0.1) is 12.7 Å². The van der Waals surface area contributed by atoms with Crippen LogP contribution in [0.15, 0.2) is 12.3 Å². The van der Waals surface area contributed by atoms with Crippen molar-refractivity contribution in [1.29, 1.82) is 0 Å². The first kappa shape index (κ1) is 10.2. The molecule has 1 aromatic rings. The molecular weight excluding hydrogens is 234 g/mol. The van der Waals surface area contributed by atoms with Crippen LogP contribution in [0.5, 0.6) is 0 Å². The molecule has 0 radical (unpaired) electrons. The van der Waals surface area contributed by atoms with E-state index in [1.165, 1.54) is 7.11 Å². The van der Waals surface area contributed by atoms with Crippen molar-refractivity contribution >= 4 is 21.9 Å². The van der Waals surface area contributed by atoms with E-state index in [1.807, 2.05) is 6.92 Å². The van der Waals surface area contributed by atoms with E-state index in [2.05, 4.69) is 25.7 Å². The van der Waals surface area contributed by atoms with E-state index in [0.717, 1.165) is 11.3 Å². The van der Waals surface area contributed by atoms with Gasteiger partial charge in [-0.2, -0.15) is 0 Å². The van der Waals surface area contributed by atoms with Crippen molar-refractivity contribution in [1.82, 2.24) is 4.98 Å². The Labute approximate surface area is 85.3 Å². The Balaban J connectivity index is 3.15. The van der Waals surface area contributed by atoms with Crippen LogP contribution in [0, 0.1) is 6.92 Å². The minimum absolute atomic E-state index is 0.319. The summed E-state index contributed by atoms with van der Waals surface area (Å²) in [5.41, 5.74) is 2.23. The highest BCUT2D eigenvalue weighted by Gasteiger charge is 2.11. The Hall–Kier alpha value is -0.900. The van der Waals surface area contributed by atoms with Gasteiger partial charge in [-0.3, -0.25) is 4.98 Å². The fourth-order valence-corrected chi connectivity index (χ4v) is 1.44. The second-order valence-corrected chi connectivity index (χ2v) is 3.17. The molecule has 1 aromatic heterocycles. The summed E-state index contributed by atoms with van der Waals surface area (Å²) in [4.78, 5) is 15.4. The molecule has 1 heterocycles. The van der Waals surface area contributed by atoms with Crippen LogP contribution in [0.2, 0.25) is 0 Å². The Morgan fingerprint density at radius 2 is 2.38 bits per heavy atom. The van der Waals surface area contributed by atoms with Gasteiger partial charge >= 0.3 is 5.97 Å². The molecule has 0 spiro atoms. The highest BCUT2D eigenvalue weighted by Crippen LogP contribution is 2.13. The van der Waals surface area contributed by atoms with Gasteiger partial charge in [0.25, 0.3) is 0 Å². The lowest BCUT2D eigenvalue weighted by Crippen LogP contribution is -2.06. The summed E-state index contributed by atoms with van der Waals surface area (Å²) in [7, 11) is 1.37. The molecule has 0 saturated carbocycles. The number of carbonyl (C=O) groups excluding carboxylic acids is 1. The summed E-state index contributed by atoms with van der Waals surface area (Å²) in [5.74, 6) is -0.319. The van der Waals surface area contributed by atoms with Gasteiger partial charge in [-0.05, 0) is 18.6 Å². The number of alkyl halides is 1. The van der Waals surface area contributed by atoms with Crippen molar-refractivity contribution in [2.45, 2.75) is 12.3 Å². The molecule has 0 N–H and O–H groups in total. The molecule has 4 heteroatoms. The van der Waals surface area contributed by atoms with Gasteiger partial charge in [0, 0.05) is 17.2 Å². The van der Waals surface area contributed by atoms with E-state index < -0.39 is 0 Å². The summed E-state index contributed by atoms with van der Waals surface area (Å²) in [6.07, 6.45) is 1.68. The average Bonchev–Trinajstić information content (AvgIpc) is 2.16. The number of halogens is 1. The van der Waals surface area contributed by atoms with E-state index in [0.29, 0.717) is 10.9 Å². The fraction of sp³-hybridized carbons (Fsp3) is 0.333. The van der Waals surface area contributed by atoms with E-state index >= 15 is 0 Å². The lowest BCUT2D eigenvalue weighted by molar-refractivity contribution is 0.0599. The van der Waals surface area contributed by atoms with Crippen LogP contribution in [0.25, 0.3) is 0 Å². The van der Waals surface area contributed by atoms with Gasteiger partial charge in [0.15, 0.2) is 0 Å². The molecule has 0 amide bonds. The molecule has 0 saturated heterocycles. The van der Waals surface area contributed by atoms with E-state index in [-0.39, 0.29) is 5.97 Å². The summed E-state index contributed by atoms with van der Waals surface area (Å²) in [5, 5.41) is 0.602. The predicted octanol–water partition coefficient (Wildman–Crippen LogP) is 2.07. The minimum atomic E-state index is -0.319. The third-order valence-corrected chi connectivity index (χ3v) is 2.28. The molecule has 0 bridgehead atoms. The summed E-state index contributed by atoms with van der Waals surface area (Å²) < 4.78 is 4.65. The monoisotopic (exact) mass is 243 g/mol. The molecular formula is C9H10BrNO2. The number of pyridine rings is 1. The van der Waals surface area contributed by atoms with Gasteiger partial charge in [-0.25, -0.2) is 4.79 Å². The fourth-order valence-electron chi connectivity index (χ4n) is 0.995. The first-order chi connectivity index (χ1) is 6.19. The van der Waals surface area contributed by atoms with Gasteiger partial charge in [0.1, 0.15) is 0 Å². The van der Waals surface area contributed by atoms with E-state index in [1.54, 1.807) is 12.3 Å². The molecule has 0 aliphatic rings. The summed E-state index contributed by atoms with van der Waals surface area (Å²) >= 11 is 3.28. The maximum Gasteiger partial charge on any atom is 0.338 e.